The molecule has 1 rings (SSSR count). The first-order valence-electron chi connectivity index (χ1n) is 5.03. The van der Waals surface area contributed by atoms with E-state index in [4.69, 9.17) is 0 Å². The summed E-state index contributed by atoms with van der Waals surface area (Å²) in [5, 5.41) is 10.3. The highest BCUT2D eigenvalue weighted by molar-refractivity contribution is 5.26. The lowest BCUT2D eigenvalue weighted by atomic mass is 9.87. The average molecular weight is 190 g/mol. The monoisotopic (exact) mass is 190 g/mol. The van der Waals surface area contributed by atoms with Gasteiger partial charge in [0.1, 0.15) is 0 Å². The number of hydrogen-bond acceptors (Lipinski definition) is 1. The highest BCUT2D eigenvalue weighted by Gasteiger charge is 2.24. The summed E-state index contributed by atoms with van der Waals surface area (Å²) in [6.07, 6.45) is 3.08. The smallest absolute Gasteiger partial charge is 0.0928 e. The van der Waals surface area contributed by atoms with Crippen LogP contribution in [0.25, 0.3) is 0 Å². The Morgan fingerprint density at radius 1 is 1.36 bits per heavy atom. The van der Waals surface area contributed by atoms with Crippen molar-refractivity contribution in [2.75, 3.05) is 0 Å². The first-order chi connectivity index (χ1) is 6.62. The molecule has 76 valence electrons. The Morgan fingerprint density at radius 2 is 1.93 bits per heavy atom. The van der Waals surface area contributed by atoms with Crippen LogP contribution in [0.1, 0.15) is 30.9 Å². The normalized spacial score (nSPS) is 14.8. The summed E-state index contributed by atoms with van der Waals surface area (Å²) < 4.78 is 0. The van der Waals surface area contributed by atoms with Gasteiger partial charge in [-0.25, -0.2) is 0 Å². The van der Waals surface area contributed by atoms with Gasteiger partial charge in [0, 0.05) is 0 Å². The first-order valence-corrected chi connectivity index (χ1v) is 5.03. The molecule has 0 bridgehead atoms. The molecule has 0 radical (unpaired) electrons. The Morgan fingerprint density at radius 3 is 2.36 bits per heavy atom. The molecule has 0 aliphatic carbocycles. The number of hydrogen-bond donors (Lipinski definition) is 1. The van der Waals surface area contributed by atoms with Gasteiger partial charge in [-0.3, -0.25) is 0 Å². The molecular formula is C13H18O. The van der Waals surface area contributed by atoms with Gasteiger partial charge in [0.2, 0.25) is 0 Å². The maximum absolute atomic E-state index is 10.3. The standard InChI is InChI=1S/C13H18O/c1-4-10-13(14,5-2)12-8-6-11(3)7-9-12/h4,6-9,14H,1,5,10H2,2-3H3. The molecule has 1 atom stereocenters. The van der Waals surface area contributed by atoms with Gasteiger partial charge in [0.05, 0.1) is 5.60 Å². The van der Waals surface area contributed by atoms with Crippen LogP contribution in [0.3, 0.4) is 0 Å². The van der Waals surface area contributed by atoms with Crippen molar-refractivity contribution >= 4 is 0 Å². The Hall–Kier alpha value is -1.08. The zero-order chi connectivity index (χ0) is 10.6. The van der Waals surface area contributed by atoms with Gasteiger partial charge >= 0.3 is 0 Å². The van der Waals surface area contributed by atoms with E-state index in [-0.39, 0.29) is 0 Å². The maximum Gasteiger partial charge on any atom is 0.0928 e. The molecule has 1 N–H and O–H groups in total. The Bertz CT molecular complexity index is 300. The summed E-state index contributed by atoms with van der Waals surface area (Å²) in [5.41, 5.74) is 1.45. The van der Waals surface area contributed by atoms with Gasteiger partial charge in [-0.1, -0.05) is 42.8 Å². The molecule has 1 aromatic carbocycles. The topological polar surface area (TPSA) is 20.2 Å². The summed E-state index contributed by atoms with van der Waals surface area (Å²) in [7, 11) is 0. The number of aliphatic hydroxyl groups is 1. The summed E-state index contributed by atoms with van der Waals surface area (Å²) >= 11 is 0. The van der Waals surface area contributed by atoms with Gasteiger partial charge in [-0.15, -0.1) is 6.58 Å². The highest BCUT2D eigenvalue weighted by atomic mass is 16.3. The lowest BCUT2D eigenvalue weighted by molar-refractivity contribution is 0.0356. The van der Waals surface area contributed by atoms with Gasteiger partial charge < -0.3 is 5.11 Å². The van der Waals surface area contributed by atoms with E-state index >= 15 is 0 Å². The predicted octanol–water partition coefficient (Wildman–Crippen LogP) is 3.17. The summed E-state index contributed by atoms with van der Waals surface area (Å²) in [6, 6.07) is 8.03. The van der Waals surface area contributed by atoms with Crippen LogP contribution < -0.4 is 0 Å². The average Bonchev–Trinajstić information content (AvgIpc) is 2.19. The van der Waals surface area contributed by atoms with E-state index in [9.17, 15) is 5.11 Å². The van der Waals surface area contributed by atoms with Crippen LogP contribution >= 0.6 is 0 Å². The quantitative estimate of drug-likeness (QED) is 0.723. The molecule has 0 fully saturated rings. The van der Waals surface area contributed by atoms with Crippen molar-refractivity contribution in [3.63, 3.8) is 0 Å². The van der Waals surface area contributed by atoms with Gasteiger partial charge in [-0.2, -0.15) is 0 Å². The Labute approximate surface area is 86.1 Å². The molecule has 1 heteroatoms. The first kappa shape index (κ1) is 11.0. The second kappa shape index (κ2) is 4.43. The van der Waals surface area contributed by atoms with E-state index in [1.807, 2.05) is 38.1 Å². The highest BCUT2D eigenvalue weighted by Crippen LogP contribution is 2.28. The van der Waals surface area contributed by atoms with Crippen LogP contribution in [0.2, 0.25) is 0 Å². The number of aryl methyl sites for hydroxylation is 1. The molecule has 0 saturated carbocycles. The van der Waals surface area contributed by atoms with E-state index in [2.05, 4.69) is 6.58 Å². The minimum absolute atomic E-state index is 0.604. The lowest BCUT2D eigenvalue weighted by Crippen LogP contribution is -2.23. The largest absolute Gasteiger partial charge is 0.385 e. The van der Waals surface area contributed by atoms with Crippen LogP contribution in [-0.2, 0) is 5.60 Å². The number of benzene rings is 1. The van der Waals surface area contributed by atoms with E-state index in [1.54, 1.807) is 6.08 Å². The molecule has 0 heterocycles. The molecule has 0 saturated heterocycles. The molecule has 14 heavy (non-hydrogen) atoms. The maximum atomic E-state index is 10.3. The van der Waals surface area contributed by atoms with Crippen LogP contribution in [0, 0.1) is 6.92 Å². The Kier molecular flexibility index (Phi) is 3.48. The summed E-state index contributed by atoms with van der Waals surface area (Å²) in [6.45, 7) is 7.71. The van der Waals surface area contributed by atoms with Crippen molar-refractivity contribution in [3.8, 4) is 0 Å². The minimum atomic E-state index is -0.741. The second-order valence-corrected chi connectivity index (χ2v) is 3.74. The van der Waals surface area contributed by atoms with Crippen molar-refractivity contribution in [2.45, 2.75) is 32.3 Å². The summed E-state index contributed by atoms with van der Waals surface area (Å²) in [4.78, 5) is 0. The fraction of sp³-hybridized carbons (Fsp3) is 0.385. The molecule has 0 aliphatic heterocycles. The van der Waals surface area contributed by atoms with Crippen molar-refractivity contribution in [1.29, 1.82) is 0 Å². The third-order valence-electron chi connectivity index (χ3n) is 2.66. The van der Waals surface area contributed by atoms with Crippen LogP contribution in [0.5, 0.6) is 0 Å². The SMILES string of the molecule is C=CCC(O)(CC)c1ccc(C)cc1. The second-order valence-electron chi connectivity index (χ2n) is 3.74. The zero-order valence-corrected chi connectivity index (χ0v) is 8.96. The van der Waals surface area contributed by atoms with Crippen LogP contribution in [-0.4, -0.2) is 5.11 Å². The van der Waals surface area contributed by atoms with Crippen molar-refractivity contribution < 1.29 is 5.11 Å². The molecule has 0 aromatic heterocycles. The van der Waals surface area contributed by atoms with Crippen LogP contribution in [0.4, 0.5) is 0 Å². The van der Waals surface area contributed by atoms with Gasteiger partial charge in [0.25, 0.3) is 0 Å². The minimum Gasteiger partial charge on any atom is -0.385 e. The van der Waals surface area contributed by atoms with Gasteiger partial charge in [0.15, 0.2) is 0 Å². The van der Waals surface area contributed by atoms with E-state index < -0.39 is 5.60 Å². The molecular weight excluding hydrogens is 172 g/mol. The van der Waals surface area contributed by atoms with E-state index in [0.29, 0.717) is 12.8 Å². The third-order valence-corrected chi connectivity index (χ3v) is 2.66. The van der Waals surface area contributed by atoms with E-state index in [0.717, 1.165) is 5.56 Å². The zero-order valence-electron chi connectivity index (χ0n) is 8.96. The number of rotatable bonds is 4. The molecule has 0 spiro atoms. The van der Waals surface area contributed by atoms with Crippen molar-refractivity contribution in [1.82, 2.24) is 0 Å². The fourth-order valence-electron chi connectivity index (χ4n) is 1.57. The van der Waals surface area contributed by atoms with E-state index in [1.165, 1.54) is 5.56 Å². The van der Waals surface area contributed by atoms with Gasteiger partial charge in [-0.05, 0) is 25.3 Å². The fourth-order valence-corrected chi connectivity index (χ4v) is 1.57. The molecule has 0 amide bonds. The third kappa shape index (κ3) is 2.24. The lowest BCUT2D eigenvalue weighted by Gasteiger charge is -2.26. The molecule has 0 aliphatic rings. The summed E-state index contributed by atoms with van der Waals surface area (Å²) in [5.74, 6) is 0. The predicted molar refractivity (Wildman–Crippen MR) is 60.2 cm³/mol. The Balaban J connectivity index is 2.99. The van der Waals surface area contributed by atoms with Crippen LogP contribution in [0.15, 0.2) is 36.9 Å². The molecule has 1 unspecified atom stereocenters. The molecule has 1 nitrogen and oxygen atoms in total. The van der Waals surface area contributed by atoms with Crippen molar-refractivity contribution in [2.24, 2.45) is 0 Å². The molecule has 1 aromatic rings. The van der Waals surface area contributed by atoms with Crippen molar-refractivity contribution in [3.05, 3.63) is 48.0 Å².